The first kappa shape index (κ1) is 13.4. The Morgan fingerprint density at radius 2 is 2.05 bits per heavy atom. The van der Waals surface area contributed by atoms with Gasteiger partial charge in [-0.05, 0) is 30.2 Å². The van der Waals surface area contributed by atoms with Crippen LogP contribution < -0.4 is 5.32 Å². The Balaban J connectivity index is 1.66. The maximum atomic E-state index is 5.59. The predicted molar refractivity (Wildman–Crippen MR) is 80.3 cm³/mol. The zero-order valence-corrected chi connectivity index (χ0v) is 12.1. The summed E-state index contributed by atoms with van der Waals surface area (Å²) in [5.74, 6) is 1.07. The minimum Gasteiger partial charge on any atom is -0.468 e. The molecule has 0 amide bonds. The van der Waals surface area contributed by atoms with Gasteiger partial charge in [-0.25, -0.2) is 0 Å². The van der Waals surface area contributed by atoms with Gasteiger partial charge in [-0.3, -0.25) is 4.90 Å². The summed E-state index contributed by atoms with van der Waals surface area (Å²) in [5.41, 5.74) is 4.28. The molecule has 0 atom stereocenters. The molecular formula is C17H22N2O. The van der Waals surface area contributed by atoms with E-state index in [1.165, 1.54) is 16.7 Å². The molecule has 0 fully saturated rings. The Bertz CT molecular complexity index is 562. The van der Waals surface area contributed by atoms with Gasteiger partial charge >= 0.3 is 0 Å². The molecule has 1 N–H and O–H groups in total. The van der Waals surface area contributed by atoms with E-state index in [0.29, 0.717) is 0 Å². The lowest BCUT2D eigenvalue weighted by Gasteiger charge is -2.28. The normalized spacial score (nSPS) is 15.2. The molecule has 0 bridgehead atoms. The van der Waals surface area contributed by atoms with Crippen molar-refractivity contribution < 1.29 is 4.42 Å². The van der Waals surface area contributed by atoms with E-state index in [0.717, 1.165) is 44.9 Å². The molecule has 1 aromatic carbocycles. The van der Waals surface area contributed by atoms with Crippen molar-refractivity contribution in [3.63, 3.8) is 0 Å². The minimum atomic E-state index is 0.823. The van der Waals surface area contributed by atoms with Crippen molar-refractivity contribution in [3.05, 3.63) is 59.0 Å². The molecule has 0 unspecified atom stereocenters. The second-order valence-electron chi connectivity index (χ2n) is 5.38. The summed E-state index contributed by atoms with van der Waals surface area (Å²) in [4.78, 5) is 2.50. The lowest BCUT2D eigenvalue weighted by Crippen LogP contribution is -2.30. The van der Waals surface area contributed by atoms with E-state index in [-0.39, 0.29) is 0 Å². The molecule has 20 heavy (non-hydrogen) atoms. The third-order valence-corrected chi connectivity index (χ3v) is 3.98. The fourth-order valence-corrected chi connectivity index (χ4v) is 2.83. The van der Waals surface area contributed by atoms with Crippen LogP contribution in [0.3, 0.4) is 0 Å². The molecule has 2 aromatic rings. The highest BCUT2D eigenvalue weighted by molar-refractivity contribution is 5.29. The first-order chi connectivity index (χ1) is 9.86. The third kappa shape index (κ3) is 2.94. The van der Waals surface area contributed by atoms with E-state index in [4.69, 9.17) is 4.42 Å². The van der Waals surface area contributed by atoms with Gasteiger partial charge in [-0.15, -0.1) is 0 Å². The molecular weight excluding hydrogens is 248 g/mol. The van der Waals surface area contributed by atoms with Gasteiger partial charge in [0.15, 0.2) is 0 Å². The van der Waals surface area contributed by atoms with Gasteiger partial charge in [-0.1, -0.05) is 31.2 Å². The van der Waals surface area contributed by atoms with Crippen LogP contribution in [0.15, 0.2) is 41.0 Å². The van der Waals surface area contributed by atoms with Crippen LogP contribution in [0.4, 0.5) is 0 Å². The number of furan rings is 1. The van der Waals surface area contributed by atoms with E-state index < -0.39 is 0 Å². The summed E-state index contributed by atoms with van der Waals surface area (Å²) in [6.45, 7) is 7.06. The van der Waals surface area contributed by atoms with Crippen LogP contribution >= 0.6 is 0 Å². The minimum absolute atomic E-state index is 0.823. The molecule has 1 aliphatic rings. The fourth-order valence-electron chi connectivity index (χ4n) is 2.83. The highest BCUT2D eigenvalue weighted by Crippen LogP contribution is 2.21. The Hall–Kier alpha value is -1.58. The van der Waals surface area contributed by atoms with Crippen molar-refractivity contribution in [2.75, 3.05) is 13.1 Å². The maximum Gasteiger partial charge on any atom is 0.122 e. The third-order valence-electron chi connectivity index (χ3n) is 3.98. The average molecular weight is 270 g/mol. The van der Waals surface area contributed by atoms with Crippen LogP contribution in [0.5, 0.6) is 0 Å². The van der Waals surface area contributed by atoms with E-state index in [1.807, 2.05) is 0 Å². The molecule has 3 heteroatoms. The topological polar surface area (TPSA) is 28.4 Å². The number of benzene rings is 1. The molecule has 0 spiro atoms. The highest BCUT2D eigenvalue weighted by Gasteiger charge is 2.17. The van der Waals surface area contributed by atoms with Crippen LogP contribution in [0, 0.1) is 0 Å². The van der Waals surface area contributed by atoms with Crippen molar-refractivity contribution in [2.24, 2.45) is 0 Å². The Morgan fingerprint density at radius 3 is 2.90 bits per heavy atom. The Morgan fingerprint density at radius 1 is 1.20 bits per heavy atom. The van der Waals surface area contributed by atoms with Crippen LogP contribution in [0.25, 0.3) is 0 Å². The standard InChI is InChI=1S/C17H22N2O/c1-2-18-11-17-16(8-10-20-17)13-19-9-7-14-5-3-4-6-15(14)12-19/h3-6,8,10,18H,2,7,9,11-13H2,1H3. The largest absolute Gasteiger partial charge is 0.468 e. The lowest BCUT2D eigenvalue weighted by atomic mass is 9.99. The average Bonchev–Trinajstić information content (AvgIpc) is 2.92. The summed E-state index contributed by atoms with van der Waals surface area (Å²) in [7, 11) is 0. The smallest absolute Gasteiger partial charge is 0.122 e. The molecule has 0 saturated carbocycles. The first-order valence-corrected chi connectivity index (χ1v) is 7.42. The van der Waals surface area contributed by atoms with E-state index in [1.54, 1.807) is 6.26 Å². The molecule has 3 nitrogen and oxygen atoms in total. The molecule has 0 aliphatic carbocycles. The van der Waals surface area contributed by atoms with E-state index in [2.05, 4.69) is 47.5 Å². The SMILES string of the molecule is CCNCc1occc1CN1CCc2ccccc2C1. The summed E-state index contributed by atoms with van der Waals surface area (Å²) >= 11 is 0. The van der Waals surface area contributed by atoms with Gasteiger partial charge in [0.05, 0.1) is 12.8 Å². The number of nitrogens with zero attached hydrogens (tertiary/aromatic N) is 1. The maximum absolute atomic E-state index is 5.59. The molecule has 3 rings (SSSR count). The highest BCUT2D eigenvalue weighted by atomic mass is 16.3. The number of nitrogens with one attached hydrogen (secondary N) is 1. The van der Waals surface area contributed by atoms with Crippen molar-refractivity contribution in [3.8, 4) is 0 Å². The van der Waals surface area contributed by atoms with Gasteiger partial charge < -0.3 is 9.73 Å². The monoisotopic (exact) mass is 270 g/mol. The molecule has 0 radical (unpaired) electrons. The van der Waals surface area contributed by atoms with Crippen LogP contribution in [-0.4, -0.2) is 18.0 Å². The molecule has 1 aromatic heterocycles. The number of fused-ring (bicyclic) bond motifs is 1. The van der Waals surface area contributed by atoms with Crippen molar-refractivity contribution >= 4 is 0 Å². The Labute approximate surface area is 120 Å². The molecule has 0 saturated heterocycles. The zero-order chi connectivity index (χ0) is 13.8. The summed E-state index contributed by atoms with van der Waals surface area (Å²) < 4.78 is 5.59. The van der Waals surface area contributed by atoms with E-state index in [9.17, 15) is 0 Å². The van der Waals surface area contributed by atoms with Gasteiger partial charge in [0, 0.05) is 25.2 Å². The first-order valence-electron chi connectivity index (χ1n) is 7.42. The number of rotatable bonds is 5. The number of hydrogen-bond acceptors (Lipinski definition) is 3. The molecule has 1 aliphatic heterocycles. The molecule has 2 heterocycles. The molecule has 106 valence electrons. The summed E-state index contributed by atoms with van der Waals surface area (Å²) in [6.07, 6.45) is 2.95. The second kappa shape index (κ2) is 6.25. The van der Waals surface area contributed by atoms with Crippen molar-refractivity contribution in [1.82, 2.24) is 10.2 Å². The second-order valence-corrected chi connectivity index (χ2v) is 5.38. The lowest BCUT2D eigenvalue weighted by molar-refractivity contribution is 0.243. The van der Waals surface area contributed by atoms with Crippen molar-refractivity contribution in [1.29, 1.82) is 0 Å². The number of hydrogen-bond donors (Lipinski definition) is 1. The van der Waals surface area contributed by atoms with E-state index >= 15 is 0 Å². The predicted octanol–water partition coefficient (Wildman–Crippen LogP) is 2.95. The summed E-state index contributed by atoms with van der Waals surface area (Å²) in [5, 5.41) is 3.33. The van der Waals surface area contributed by atoms with Gasteiger partial charge in [0.25, 0.3) is 0 Å². The van der Waals surface area contributed by atoms with Crippen LogP contribution in [0.2, 0.25) is 0 Å². The van der Waals surface area contributed by atoms with Crippen molar-refractivity contribution in [2.45, 2.75) is 33.0 Å². The Kier molecular flexibility index (Phi) is 4.19. The quantitative estimate of drug-likeness (QED) is 0.905. The fraction of sp³-hybridized carbons (Fsp3) is 0.412. The van der Waals surface area contributed by atoms with Gasteiger partial charge in [-0.2, -0.15) is 0 Å². The van der Waals surface area contributed by atoms with Gasteiger partial charge in [0.2, 0.25) is 0 Å². The van der Waals surface area contributed by atoms with Gasteiger partial charge in [0.1, 0.15) is 5.76 Å². The summed E-state index contributed by atoms with van der Waals surface area (Å²) in [6, 6.07) is 10.9. The zero-order valence-electron chi connectivity index (χ0n) is 12.1. The van der Waals surface area contributed by atoms with Crippen LogP contribution in [0.1, 0.15) is 29.4 Å². The van der Waals surface area contributed by atoms with Crippen LogP contribution in [-0.2, 0) is 26.1 Å².